The van der Waals surface area contributed by atoms with Gasteiger partial charge >= 0.3 is 0 Å². The third-order valence-electron chi connectivity index (χ3n) is 1.41. The zero-order valence-electron chi connectivity index (χ0n) is 7.21. The number of nitrogens with one attached hydrogen (secondary N) is 1. The number of hydrazine groups is 1. The van der Waals surface area contributed by atoms with E-state index in [0.29, 0.717) is 5.11 Å². The predicted octanol–water partition coefficient (Wildman–Crippen LogP) is -0.184. The molecule has 0 aromatic rings. The number of thiocarbonyl (C=S) groups is 1. The molecule has 0 saturated carbocycles. The largest absolute Gasteiger partial charge is 0.364 e. The smallest absolute Gasteiger partial charge is 0.237 e. The number of nitrogens with zero attached hydrogens (tertiary/aromatic N) is 2. The highest BCUT2D eigenvalue weighted by molar-refractivity contribution is 7.80. The third-order valence-corrected chi connectivity index (χ3v) is 1.88. The molecule has 0 radical (unpaired) electrons. The van der Waals surface area contributed by atoms with Crippen LogP contribution in [0.25, 0.3) is 0 Å². The number of hydrogen-bond acceptors (Lipinski definition) is 2. The Morgan fingerprint density at radius 3 is 2.09 bits per heavy atom. The van der Waals surface area contributed by atoms with Crippen LogP contribution in [0.2, 0.25) is 0 Å². The number of amides is 1. The van der Waals surface area contributed by atoms with Gasteiger partial charge in [0.2, 0.25) is 5.91 Å². The van der Waals surface area contributed by atoms with E-state index in [1.54, 1.807) is 26.2 Å². The molecule has 5 heteroatoms. The molecule has 64 valence electrons. The zero-order valence-corrected chi connectivity index (χ0v) is 8.03. The topological polar surface area (TPSA) is 35.6 Å². The van der Waals surface area contributed by atoms with E-state index < -0.39 is 0 Å². The van der Waals surface area contributed by atoms with Crippen LogP contribution in [0.1, 0.15) is 6.92 Å². The lowest BCUT2D eigenvalue weighted by Crippen LogP contribution is -2.47. The minimum Gasteiger partial charge on any atom is -0.364 e. The third kappa shape index (κ3) is 2.71. The van der Waals surface area contributed by atoms with Crippen LogP contribution in [-0.2, 0) is 4.79 Å². The summed E-state index contributed by atoms with van der Waals surface area (Å²) in [6.45, 7) is 1.48. The first-order valence-electron chi connectivity index (χ1n) is 3.20. The maximum atomic E-state index is 10.8. The van der Waals surface area contributed by atoms with Gasteiger partial charge in [-0.05, 0) is 12.2 Å². The van der Waals surface area contributed by atoms with E-state index >= 15 is 0 Å². The van der Waals surface area contributed by atoms with Gasteiger partial charge in [0.25, 0.3) is 0 Å². The Balaban J connectivity index is 4.12. The van der Waals surface area contributed by atoms with E-state index in [9.17, 15) is 4.79 Å². The molecule has 0 saturated heterocycles. The van der Waals surface area contributed by atoms with Crippen molar-refractivity contribution >= 4 is 23.2 Å². The van der Waals surface area contributed by atoms with E-state index in [0.717, 1.165) is 0 Å². The number of hydrogen-bond donors (Lipinski definition) is 1. The van der Waals surface area contributed by atoms with E-state index in [-0.39, 0.29) is 5.91 Å². The first-order valence-corrected chi connectivity index (χ1v) is 3.61. The van der Waals surface area contributed by atoms with Gasteiger partial charge in [0.05, 0.1) is 0 Å². The molecule has 0 heterocycles. The second-order valence-corrected chi connectivity index (χ2v) is 2.51. The number of carbonyl (C=O) groups is 1. The van der Waals surface area contributed by atoms with Crippen molar-refractivity contribution in [3.63, 3.8) is 0 Å². The highest BCUT2D eigenvalue weighted by Gasteiger charge is 2.10. The normalized spacial score (nSPS) is 8.73. The minimum absolute atomic E-state index is 0.0508. The van der Waals surface area contributed by atoms with Gasteiger partial charge in [-0.25, -0.2) is 0 Å². The molecule has 0 rings (SSSR count). The van der Waals surface area contributed by atoms with Crippen molar-refractivity contribution in [2.75, 3.05) is 21.1 Å². The maximum absolute atomic E-state index is 10.8. The lowest BCUT2D eigenvalue weighted by molar-refractivity contribution is -0.136. The SMILES string of the molecule is CNC(=S)N(C)N(C)C(C)=O. The standard InChI is InChI=1S/C6H13N3OS/c1-5(10)8(3)9(4)6(11)7-2/h1-4H3,(H,7,11). The summed E-state index contributed by atoms with van der Waals surface area (Å²) in [4.78, 5) is 10.8. The van der Waals surface area contributed by atoms with Gasteiger partial charge in [0.15, 0.2) is 5.11 Å². The molecule has 1 amide bonds. The van der Waals surface area contributed by atoms with Crippen molar-refractivity contribution in [3.05, 3.63) is 0 Å². The van der Waals surface area contributed by atoms with Gasteiger partial charge in [-0.2, -0.15) is 0 Å². The first kappa shape index (κ1) is 10.2. The van der Waals surface area contributed by atoms with Gasteiger partial charge in [-0.15, -0.1) is 0 Å². The first-order chi connectivity index (χ1) is 5.00. The molecular weight excluding hydrogens is 162 g/mol. The van der Waals surface area contributed by atoms with Gasteiger partial charge in [-0.3, -0.25) is 14.8 Å². The van der Waals surface area contributed by atoms with Crippen LogP contribution in [0, 0.1) is 0 Å². The number of carbonyl (C=O) groups excluding carboxylic acids is 1. The minimum atomic E-state index is -0.0508. The molecule has 0 aliphatic heterocycles. The van der Waals surface area contributed by atoms with Crippen LogP contribution >= 0.6 is 12.2 Å². The molecule has 0 bridgehead atoms. The van der Waals surface area contributed by atoms with E-state index in [2.05, 4.69) is 5.32 Å². The molecule has 0 spiro atoms. The van der Waals surface area contributed by atoms with Crippen molar-refractivity contribution in [2.45, 2.75) is 6.92 Å². The molecule has 11 heavy (non-hydrogen) atoms. The Labute approximate surface area is 72.1 Å². The molecule has 0 aliphatic rings. The van der Waals surface area contributed by atoms with Gasteiger partial charge in [0.1, 0.15) is 0 Å². The molecule has 0 aliphatic carbocycles. The highest BCUT2D eigenvalue weighted by Crippen LogP contribution is 1.91. The van der Waals surface area contributed by atoms with E-state index in [4.69, 9.17) is 12.2 Å². The molecule has 0 aromatic heterocycles. The van der Waals surface area contributed by atoms with Gasteiger partial charge < -0.3 is 5.32 Å². The summed E-state index contributed by atoms with van der Waals surface area (Å²) >= 11 is 4.89. The highest BCUT2D eigenvalue weighted by atomic mass is 32.1. The average molecular weight is 175 g/mol. The monoisotopic (exact) mass is 175 g/mol. The molecule has 4 nitrogen and oxygen atoms in total. The van der Waals surface area contributed by atoms with Crippen LogP contribution < -0.4 is 5.32 Å². The predicted molar refractivity (Wildman–Crippen MR) is 47.9 cm³/mol. The Hall–Kier alpha value is -0.840. The van der Waals surface area contributed by atoms with Crippen molar-refractivity contribution in [2.24, 2.45) is 0 Å². The van der Waals surface area contributed by atoms with Crippen LogP contribution in [-0.4, -0.2) is 42.2 Å². The van der Waals surface area contributed by atoms with Crippen molar-refractivity contribution in [1.29, 1.82) is 0 Å². The van der Waals surface area contributed by atoms with Crippen molar-refractivity contribution < 1.29 is 4.79 Å². The van der Waals surface area contributed by atoms with E-state index in [1.165, 1.54) is 11.9 Å². The summed E-state index contributed by atoms with van der Waals surface area (Å²) in [5.74, 6) is -0.0508. The molecule has 0 atom stereocenters. The van der Waals surface area contributed by atoms with Crippen LogP contribution in [0.3, 0.4) is 0 Å². The molecule has 0 fully saturated rings. The van der Waals surface area contributed by atoms with E-state index in [1.807, 2.05) is 0 Å². The van der Waals surface area contributed by atoms with Crippen molar-refractivity contribution in [1.82, 2.24) is 15.3 Å². The summed E-state index contributed by atoms with van der Waals surface area (Å²) < 4.78 is 0. The Bertz CT molecular complexity index is 171. The molecule has 0 aromatic carbocycles. The quantitative estimate of drug-likeness (QED) is 0.409. The second-order valence-electron chi connectivity index (χ2n) is 2.12. The molecule has 1 N–H and O–H groups in total. The molecular formula is C6H13N3OS. The fraction of sp³-hybridized carbons (Fsp3) is 0.667. The Kier molecular flexibility index (Phi) is 3.81. The van der Waals surface area contributed by atoms with Crippen LogP contribution in [0.5, 0.6) is 0 Å². The summed E-state index contributed by atoms with van der Waals surface area (Å²) in [7, 11) is 5.10. The fourth-order valence-electron chi connectivity index (χ4n) is 0.509. The van der Waals surface area contributed by atoms with Gasteiger partial charge in [0, 0.05) is 28.1 Å². The maximum Gasteiger partial charge on any atom is 0.237 e. The average Bonchev–Trinajstić information content (AvgIpc) is 2.00. The Morgan fingerprint density at radius 2 is 1.82 bits per heavy atom. The van der Waals surface area contributed by atoms with Gasteiger partial charge in [-0.1, -0.05) is 0 Å². The summed E-state index contributed by atoms with van der Waals surface area (Å²) in [5, 5.41) is 6.28. The van der Waals surface area contributed by atoms with Crippen LogP contribution in [0.4, 0.5) is 0 Å². The second kappa shape index (κ2) is 4.12. The zero-order chi connectivity index (χ0) is 9.02. The lowest BCUT2D eigenvalue weighted by Gasteiger charge is -2.28. The Morgan fingerprint density at radius 1 is 1.36 bits per heavy atom. The summed E-state index contributed by atoms with van der Waals surface area (Å²) in [6, 6.07) is 0. The fourth-order valence-corrected chi connectivity index (χ4v) is 0.632. The summed E-state index contributed by atoms with van der Waals surface area (Å²) in [6.07, 6.45) is 0. The molecule has 0 unspecified atom stereocenters. The summed E-state index contributed by atoms with van der Waals surface area (Å²) in [5.41, 5.74) is 0. The van der Waals surface area contributed by atoms with Crippen LogP contribution in [0.15, 0.2) is 0 Å². The lowest BCUT2D eigenvalue weighted by atomic mass is 10.7. The number of rotatable bonds is 0. The van der Waals surface area contributed by atoms with Crippen molar-refractivity contribution in [3.8, 4) is 0 Å².